The topological polar surface area (TPSA) is 53.6 Å². The van der Waals surface area contributed by atoms with E-state index in [-0.39, 0.29) is 5.91 Å². The molecule has 0 aromatic carbocycles. The van der Waals surface area contributed by atoms with Gasteiger partial charge in [-0.25, -0.2) is 0 Å². The summed E-state index contributed by atoms with van der Waals surface area (Å²) in [5.74, 6) is 0.120. The normalized spacial score (nSPS) is 29.3. The van der Waals surface area contributed by atoms with Gasteiger partial charge in [0.2, 0.25) is 5.91 Å². The largest absolute Gasteiger partial charge is 0.381 e. The SMILES string of the molecule is CNC(=O)CN1CCC(NC2CCC(OC)CC2)CC1. The Morgan fingerprint density at radius 2 is 1.70 bits per heavy atom. The summed E-state index contributed by atoms with van der Waals surface area (Å²) >= 11 is 0. The molecule has 0 unspecified atom stereocenters. The van der Waals surface area contributed by atoms with E-state index in [1.165, 1.54) is 25.7 Å². The molecular formula is C15H29N3O2. The second-order valence-corrected chi connectivity index (χ2v) is 6.10. The Bertz CT molecular complexity index is 295. The van der Waals surface area contributed by atoms with E-state index in [1.807, 2.05) is 7.11 Å². The molecule has 1 saturated heterocycles. The number of likely N-dealkylation sites (N-methyl/N-ethyl adjacent to an activating group) is 1. The predicted octanol–water partition coefficient (Wildman–Crippen LogP) is 0.744. The number of nitrogens with one attached hydrogen (secondary N) is 2. The van der Waals surface area contributed by atoms with E-state index < -0.39 is 0 Å². The first-order chi connectivity index (χ1) is 9.71. The average molecular weight is 283 g/mol. The summed E-state index contributed by atoms with van der Waals surface area (Å²) in [6.07, 6.45) is 7.62. The summed E-state index contributed by atoms with van der Waals surface area (Å²) in [5.41, 5.74) is 0. The van der Waals surface area contributed by atoms with Gasteiger partial charge in [-0.3, -0.25) is 9.69 Å². The molecule has 5 heteroatoms. The molecule has 2 N–H and O–H groups in total. The number of methoxy groups -OCH3 is 1. The van der Waals surface area contributed by atoms with Gasteiger partial charge in [0.05, 0.1) is 12.6 Å². The lowest BCUT2D eigenvalue weighted by Crippen LogP contribution is -2.49. The standard InChI is InChI=1S/C15H29N3O2/c1-16-15(19)11-18-9-7-13(8-10-18)17-12-3-5-14(20-2)6-4-12/h12-14,17H,3-11H2,1-2H3,(H,16,19). The van der Waals surface area contributed by atoms with Crippen LogP contribution in [0.15, 0.2) is 0 Å². The Morgan fingerprint density at radius 3 is 2.25 bits per heavy atom. The summed E-state index contributed by atoms with van der Waals surface area (Å²) in [6.45, 7) is 2.60. The molecule has 0 spiro atoms. The summed E-state index contributed by atoms with van der Waals surface area (Å²) in [5, 5.41) is 6.50. The molecule has 0 atom stereocenters. The van der Waals surface area contributed by atoms with Gasteiger partial charge in [-0.2, -0.15) is 0 Å². The number of ether oxygens (including phenoxy) is 1. The van der Waals surface area contributed by atoms with Crippen molar-refractivity contribution in [1.29, 1.82) is 0 Å². The maximum Gasteiger partial charge on any atom is 0.233 e. The van der Waals surface area contributed by atoms with Crippen molar-refractivity contribution in [1.82, 2.24) is 15.5 Å². The van der Waals surface area contributed by atoms with Gasteiger partial charge < -0.3 is 15.4 Å². The molecule has 20 heavy (non-hydrogen) atoms. The third-order valence-corrected chi connectivity index (χ3v) is 4.71. The van der Waals surface area contributed by atoms with Crippen LogP contribution in [0.4, 0.5) is 0 Å². The number of hydrogen-bond donors (Lipinski definition) is 2. The van der Waals surface area contributed by atoms with Gasteiger partial charge in [-0.15, -0.1) is 0 Å². The van der Waals surface area contributed by atoms with Crippen molar-refractivity contribution in [3.63, 3.8) is 0 Å². The molecule has 1 heterocycles. The van der Waals surface area contributed by atoms with Crippen LogP contribution in [0.5, 0.6) is 0 Å². The molecular weight excluding hydrogens is 254 g/mol. The lowest BCUT2D eigenvalue weighted by atomic mass is 9.91. The predicted molar refractivity (Wildman–Crippen MR) is 79.7 cm³/mol. The van der Waals surface area contributed by atoms with Crippen LogP contribution in [0.2, 0.25) is 0 Å². The molecule has 2 fully saturated rings. The first kappa shape index (κ1) is 15.7. The Kier molecular flexibility index (Phi) is 6.26. The highest BCUT2D eigenvalue weighted by molar-refractivity contribution is 5.77. The van der Waals surface area contributed by atoms with Gasteiger partial charge in [0.15, 0.2) is 0 Å². The molecule has 5 nitrogen and oxygen atoms in total. The molecule has 1 saturated carbocycles. The minimum absolute atomic E-state index is 0.120. The number of rotatable bonds is 5. The van der Waals surface area contributed by atoms with E-state index in [1.54, 1.807) is 7.05 Å². The quantitative estimate of drug-likeness (QED) is 0.781. The highest BCUT2D eigenvalue weighted by Gasteiger charge is 2.25. The number of piperidine rings is 1. The third kappa shape index (κ3) is 4.72. The van der Waals surface area contributed by atoms with Crippen LogP contribution in [0, 0.1) is 0 Å². The highest BCUT2D eigenvalue weighted by Crippen LogP contribution is 2.22. The van der Waals surface area contributed by atoms with E-state index >= 15 is 0 Å². The molecule has 0 aromatic heterocycles. The second kappa shape index (κ2) is 7.96. The molecule has 2 aliphatic rings. The molecule has 1 amide bonds. The monoisotopic (exact) mass is 283 g/mol. The van der Waals surface area contributed by atoms with Crippen LogP contribution in [0.1, 0.15) is 38.5 Å². The van der Waals surface area contributed by atoms with Crippen LogP contribution >= 0.6 is 0 Å². The van der Waals surface area contributed by atoms with Gasteiger partial charge in [0, 0.05) is 39.3 Å². The maximum absolute atomic E-state index is 11.4. The minimum Gasteiger partial charge on any atom is -0.381 e. The molecule has 0 radical (unpaired) electrons. The molecule has 116 valence electrons. The molecule has 0 aromatic rings. The molecule has 1 aliphatic heterocycles. The van der Waals surface area contributed by atoms with Crippen molar-refractivity contribution in [2.24, 2.45) is 0 Å². The van der Waals surface area contributed by atoms with Crippen LogP contribution in [-0.4, -0.2) is 62.8 Å². The van der Waals surface area contributed by atoms with Crippen LogP contribution in [0.25, 0.3) is 0 Å². The average Bonchev–Trinajstić information content (AvgIpc) is 2.50. The Hall–Kier alpha value is -0.650. The van der Waals surface area contributed by atoms with Gasteiger partial charge >= 0.3 is 0 Å². The van der Waals surface area contributed by atoms with Crippen molar-refractivity contribution in [3.8, 4) is 0 Å². The van der Waals surface area contributed by atoms with E-state index in [4.69, 9.17) is 4.74 Å². The van der Waals surface area contributed by atoms with Gasteiger partial charge in [-0.1, -0.05) is 0 Å². The van der Waals surface area contributed by atoms with Gasteiger partial charge in [-0.05, 0) is 38.5 Å². The first-order valence-electron chi connectivity index (χ1n) is 7.93. The smallest absolute Gasteiger partial charge is 0.233 e. The fraction of sp³-hybridized carbons (Fsp3) is 0.933. The zero-order valence-corrected chi connectivity index (χ0v) is 12.9. The number of likely N-dealkylation sites (tertiary alicyclic amines) is 1. The first-order valence-corrected chi connectivity index (χ1v) is 7.93. The fourth-order valence-electron chi connectivity index (χ4n) is 3.34. The summed E-state index contributed by atoms with van der Waals surface area (Å²) in [6, 6.07) is 1.29. The number of carbonyl (C=O) groups excluding carboxylic acids is 1. The van der Waals surface area contributed by atoms with Crippen molar-refractivity contribution < 1.29 is 9.53 Å². The second-order valence-electron chi connectivity index (χ2n) is 6.10. The molecule has 2 rings (SSSR count). The van der Waals surface area contributed by atoms with E-state index in [2.05, 4.69) is 15.5 Å². The van der Waals surface area contributed by atoms with E-state index in [0.717, 1.165) is 25.9 Å². The highest BCUT2D eigenvalue weighted by atomic mass is 16.5. The fourth-order valence-corrected chi connectivity index (χ4v) is 3.34. The lowest BCUT2D eigenvalue weighted by Gasteiger charge is -2.36. The van der Waals surface area contributed by atoms with Gasteiger partial charge in [0.25, 0.3) is 0 Å². The lowest BCUT2D eigenvalue weighted by molar-refractivity contribution is -0.122. The van der Waals surface area contributed by atoms with Crippen molar-refractivity contribution in [3.05, 3.63) is 0 Å². The zero-order valence-electron chi connectivity index (χ0n) is 12.9. The van der Waals surface area contributed by atoms with E-state index in [9.17, 15) is 4.79 Å². The maximum atomic E-state index is 11.4. The third-order valence-electron chi connectivity index (χ3n) is 4.71. The van der Waals surface area contributed by atoms with E-state index in [0.29, 0.717) is 24.7 Å². The molecule has 1 aliphatic carbocycles. The number of amides is 1. The number of hydrogen-bond acceptors (Lipinski definition) is 4. The summed E-state index contributed by atoms with van der Waals surface area (Å²) < 4.78 is 5.42. The Morgan fingerprint density at radius 1 is 1.10 bits per heavy atom. The summed E-state index contributed by atoms with van der Waals surface area (Å²) in [7, 11) is 3.52. The number of carbonyl (C=O) groups is 1. The van der Waals surface area contributed by atoms with Crippen LogP contribution < -0.4 is 10.6 Å². The Balaban J connectivity index is 1.63. The zero-order chi connectivity index (χ0) is 14.4. The number of nitrogens with zero attached hydrogens (tertiary/aromatic N) is 1. The van der Waals surface area contributed by atoms with Crippen molar-refractivity contribution in [2.75, 3.05) is 33.8 Å². The molecule has 0 bridgehead atoms. The summed E-state index contributed by atoms with van der Waals surface area (Å²) in [4.78, 5) is 13.6. The van der Waals surface area contributed by atoms with Crippen molar-refractivity contribution >= 4 is 5.91 Å². The Labute approximate surface area is 122 Å². The van der Waals surface area contributed by atoms with Crippen LogP contribution in [-0.2, 0) is 9.53 Å². The van der Waals surface area contributed by atoms with Gasteiger partial charge in [0.1, 0.15) is 0 Å². The minimum atomic E-state index is 0.120. The van der Waals surface area contributed by atoms with Crippen LogP contribution in [0.3, 0.4) is 0 Å². The van der Waals surface area contributed by atoms with Crippen molar-refractivity contribution in [2.45, 2.75) is 56.7 Å².